The molecule has 2 aromatic carbocycles. The maximum absolute atomic E-state index is 12.6. The van der Waals surface area contributed by atoms with Crippen LogP contribution in [0, 0.1) is 0 Å². The molecular weight excluding hydrogens is 486 g/mol. The molecule has 11 nitrogen and oxygen atoms in total. The van der Waals surface area contributed by atoms with Crippen molar-refractivity contribution in [1.29, 1.82) is 0 Å². The Morgan fingerprint density at radius 2 is 1.25 bits per heavy atom. The van der Waals surface area contributed by atoms with Gasteiger partial charge in [0.15, 0.2) is 36.9 Å². The molecule has 0 amide bonds. The van der Waals surface area contributed by atoms with Gasteiger partial charge in [0.2, 0.25) is 0 Å². The highest BCUT2D eigenvalue weighted by molar-refractivity contribution is 7.92. The molecule has 0 unspecified atom stereocenters. The van der Waals surface area contributed by atoms with Crippen LogP contribution in [0.25, 0.3) is 10.8 Å². The highest BCUT2D eigenvalue weighted by Crippen LogP contribution is 2.47. The summed E-state index contributed by atoms with van der Waals surface area (Å²) < 4.78 is 82.3. The highest BCUT2D eigenvalue weighted by Gasteiger charge is 2.32. The van der Waals surface area contributed by atoms with Crippen LogP contribution in [0.2, 0.25) is 0 Å². The monoisotopic (exact) mass is 511 g/mol. The van der Waals surface area contributed by atoms with Crippen LogP contribution in [-0.2, 0) is 29.8 Å². The Balaban J connectivity index is 0.00000311. The van der Waals surface area contributed by atoms with Gasteiger partial charge in [0.25, 0.3) is 10.1 Å². The summed E-state index contributed by atoms with van der Waals surface area (Å²) in [5.74, 6) is -5.37. The van der Waals surface area contributed by atoms with Gasteiger partial charge >= 0.3 is 0 Å². The lowest BCUT2D eigenvalue weighted by Gasteiger charge is -2.16. The van der Waals surface area contributed by atoms with E-state index in [9.17, 15) is 45.1 Å². The fraction of sp³-hybridized carbons (Fsp3) is 0.222. The first-order valence-corrected chi connectivity index (χ1v) is 12.9. The van der Waals surface area contributed by atoms with Crippen molar-refractivity contribution < 1.29 is 45.1 Å². The molecule has 14 heteroatoms. The average molecular weight is 512 g/mol. The topological polar surface area (TPSA) is 209 Å². The van der Waals surface area contributed by atoms with Crippen LogP contribution in [0.1, 0.15) is 7.43 Å². The number of fused-ring (bicyclic) bond motifs is 1. The fourth-order valence-electron chi connectivity index (χ4n) is 2.67. The van der Waals surface area contributed by atoms with Gasteiger partial charge in [0, 0.05) is 0 Å². The summed E-state index contributed by atoms with van der Waals surface area (Å²) in [6.07, 6.45) is 1.92. The van der Waals surface area contributed by atoms with Crippen molar-refractivity contribution in [2.75, 3.05) is 18.6 Å². The summed E-state index contributed by atoms with van der Waals surface area (Å²) in [7, 11) is -12.4. The summed E-state index contributed by atoms with van der Waals surface area (Å²) in [5, 5.41) is 29.4. The maximum atomic E-state index is 12.6. The zero-order chi connectivity index (χ0) is 24.4. The quantitative estimate of drug-likeness (QED) is 0.203. The molecule has 2 aromatic rings. The van der Waals surface area contributed by atoms with E-state index >= 15 is 0 Å². The molecule has 0 fully saturated rings. The molecule has 0 aromatic heterocycles. The molecule has 0 bridgehead atoms. The summed E-state index contributed by atoms with van der Waals surface area (Å²) >= 11 is 0. The number of benzene rings is 2. The van der Waals surface area contributed by atoms with Crippen molar-refractivity contribution >= 4 is 40.6 Å². The highest BCUT2D eigenvalue weighted by atomic mass is 32.2. The third-order valence-corrected chi connectivity index (χ3v) is 8.05. The summed E-state index contributed by atoms with van der Waals surface area (Å²) in [6.45, 7) is 6.51. The largest absolute Gasteiger partial charge is 0.505 e. The number of phenolic OH excluding ortho intramolecular Hbond substituents is 3. The van der Waals surface area contributed by atoms with Gasteiger partial charge in [-0.3, -0.25) is 4.55 Å². The number of sulfone groups is 2. The summed E-state index contributed by atoms with van der Waals surface area (Å²) in [6, 6.07) is 1.28. The van der Waals surface area contributed by atoms with Crippen molar-refractivity contribution in [3.05, 3.63) is 37.4 Å². The van der Waals surface area contributed by atoms with Crippen molar-refractivity contribution in [1.82, 2.24) is 0 Å². The minimum absolute atomic E-state index is 0. The van der Waals surface area contributed by atoms with Crippen LogP contribution >= 0.6 is 0 Å². The third-order valence-electron chi connectivity index (χ3n) is 3.83. The minimum atomic E-state index is -5.08. The van der Waals surface area contributed by atoms with E-state index < -0.39 is 84.0 Å². The minimum Gasteiger partial charge on any atom is -0.505 e. The molecule has 0 aliphatic heterocycles. The molecule has 0 radical (unpaired) electrons. The second-order valence-electron chi connectivity index (χ2n) is 5.84. The van der Waals surface area contributed by atoms with Gasteiger partial charge in [-0.1, -0.05) is 19.6 Å². The van der Waals surface area contributed by atoms with Crippen LogP contribution in [0.5, 0.6) is 17.2 Å². The standard InChI is InChI=1S/C16H16O10S3.CH5N.CH4/c1-3-5-27(20,21)10-7-9-8-11(29(24,25)26)13(17)15(19)12(9)16(14(10)18)28(22,23)6-4-2;1-2;/h3-4,7-8,17-19H,1-2,5-6H2,(H,24,25,26);2H2,1H3;1H4. The van der Waals surface area contributed by atoms with Gasteiger partial charge in [-0.2, -0.15) is 8.42 Å². The number of phenols is 3. The zero-order valence-corrected chi connectivity index (χ0v) is 18.6. The third kappa shape index (κ3) is 5.39. The smallest absolute Gasteiger partial charge is 0.298 e. The van der Waals surface area contributed by atoms with Crippen molar-refractivity contribution in [2.24, 2.45) is 5.73 Å². The Hall–Kier alpha value is -2.65. The Bertz CT molecular complexity index is 1360. The van der Waals surface area contributed by atoms with Crippen LogP contribution < -0.4 is 5.73 Å². The fourth-order valence-corrected chi connectivity index (χ4v) is 5.95. The normalized spacial score (nSPS) is 11.7. The Morgan fingerprint density at radius 3 is 1.69 bits per heavy atom. The predicted octanol–water partition coefficient (Wildman–Crippen LogP) is 1.33. The van der Waals surface area contributed by atoms with E-state index in [0.717, 1.165) is 12.2 Å². The summed E-state index contributed by atoms with van der Waals surface area (Å²) in [4.78, 5) is -3.11. The van der Waals surface area contributed by atoms with Gasteiger partial charge in [0.1, 0.15) is 14.7 Å². The van der Waals surface area contributed by atoms with Crippen LogP contribution in [0.15, 0.2) is 52.1 Å². The molecule has 6 N–H and O–H groups in total. The second kappa shape index (κ2) is 10.3. The van der Waals surface area contributed by atoms with E-state index in [-0.39, 0.29) is 7.43 Å². The van der Waals surface area contributed by atoms with E-state index in [0.29, 0.717) is 12.1 Å². The second-order valence-corrected chi connectivity index (χ2v) is 11.2. The molecule has 0 aliphatic carbocycles. The molecule has 0 saturated carbocycles. The number of hydrogen-bond acceptors (Lipinski definition) is 10. The first-order valence-electron chi connectivity index (χ1n) is 8.16. The van der Waals surface area contributed by atoms with Crippen molar-refractivity contribution in [2.45, 2.75) is 22.1 Å². The van der Waals surface area contributed by atoms with E-state index in [1.54, 1.807) is 0 Å². The van der Waals surface area contributed by atoms with E-state index in [2.05, 4.69) is 18.9 Å². The molecule has 32 heavy (non-hydrogen) atoms. The molecule has 0 heterocycles. The average Bonchev–Trinajstić information content (AvgIpc) is 2.64. The molecule has 0 spiro atoms. The summed E-state index contributed by atoms with van der Waals surface area (Å²) in [5.41, 5.74) is 4.50. The van der Waals surface area contributed by atoms with E-state index in [4.69, 9.17) is 0 Å². The van der Waals surface area contributed by atoms with Crippen LogP contribution in [0.4, 0.5) is 0 Å². The lowest BCUT2D eigenvalue weighted by molar-refractivity contribution is 0.392. The van der Waals surface area contributed by atoms with Crippen LogP contribution in [0.3, 0.4) is 0 Å². The number of nitrogens with two attached hydrogens (primary N) is 1. The zero-order valence-electron chi connectivity index (χ0n) is 16.2. The van der Waals surface area contributed by atoms with Gasteiger partial charge in [-0.15, -0.1) is 13.2 Å². The lowest BCUT2D eigenvalue weighted by atomic mass is 10.1. The number of aromatic hydroxyl groups is 3. The number of rotatable bonds is 7. The first kappa shape index (κ1) is 29.4. The lowest BCUT2D eigenvalue weighted by Crippen LogP contribution is -2.11. The maximum Gasteiger partial charge on any atom is 0.298 e. The van der Waals surface area contributed by atoms with Gasteiger partial charge in [0.05, 0.1) is 16.9 Å². The molecule has 180 valence electrons. The van der Waals surface area contributed by atoms with Crippen molar-refractivity contribution in [3.63, 3.8) is 0 Å². The first-order chi connectivity index (χ1) is 14.2. The molecule has 0 atom stereocenters. The molecule has 2 rings (SSSR count). The molecule has 0 aliphatic rings. The van der Waals surface area contributed by atoms with E-state index in [1.165, 1.54) is 7.05 Å². The Kier molecular flexibility index (Phi) is 9.46. The van der Waals surface area contributed by atoms with E-state index in [1.807, 2.05) is 0 Å². The van der Waals surface area contributed by atoms with Gasteiger partial charge in [-0.05, 0) is 24.6 Å². The Labute approximate surface area is 186 Å². The van der Waals surface area contributed by atoms with Crippen LogP contribution in [-0.4, -0.2) is 63.7 Å². The Morgan fingerprint density at radius 1 is 0.812 bits per heavy atom. The molecular formula is C18H25NO10S3. The number of hydrogen-bond donors (Lipinski definition) is 5. The van der Waals surface area contributed by atoms with Gasteiger partial charge in [-0.25, -0.2) is 16.8 Å². The van der Waals surface area contributed by atoms with Crippen molar-refractivity contribution in [3.8, 4) is 17.2 Å². The SMILES string of the molecule is C.C=CCS(=O)(=O)c1cc2cc(S(=O)(=O)O)c(O)c(O)c2c(S(=O)(=O)CC=C)c1O.CN. The predicted molar refractivity (Wildman–Crippen MR) is 120 cm³/mol. The molecule has 0 saturated heterocycles. The van der Waals surface area contributed by atoms with Gasteiger partial charge < -0.3 is 21.1 Å².